The lowest BCUT2D eigenvalue weighted by molar-refractivity contribution is -0.00253. The average molecular weight is 275 g/mol. The van der Waals surface area contributed by atoms with Gasteiger partial charge in [0.2, 0.25) is 10.0 Å². The lowest BCUT2D eigenvalue weighted by atomic mass is 10.0. The van der Waals surface area contributed by atoms with Crippen LogP contribution in [-0.4, -0.2) is 79.6 Å². The van der Waals surface area contributed by atoms with Crippen molar-refractivity contribution >= 4 is 10.0 Å². The molecule has 1 unspecified atom stereocenters. The first kappa shape index (κ1) is 14.2. The Morgan fingerprint density at radius 1 is 1.00 bits per heavy atom. The van der Waals surface area contributed by atoms with E-state index in [2.05, 4.69) is 30.6 Å². The van der Waals surface area contributed by atoms with Gasteiger partial charge < -0.3 is 0 Å². The van der Waals surface area contributed by atoms with Gasteiger partial charge in [-0.2, -0.15) is 4.31 Å². The molecule has 0 aliphatic carbocycles. The Kier molecular flexibility index (Phi) is 3.75. The van der Waals surface area contributed by atoms with E-state index >= 15 is 0 Å². The van der Waals surface area contributed by atoms with E-state index in [-0.39, 0.29) is 5.54 Å². The van der Waals surface area contributed by atoms with E-state index in [0.29, 0.717) is 19.1 Å². The molecular formula is C12H25N3O2S. The van der Waals surface area contributed by atoms with Crippen molar-refractivity contribution in [1.82, 2.24) is 14.1 Å². The van der Waals surface area contributed by atoms with Crippen molar-refractivity contribution in [3.05, 3.63) is 0 Å². The summed E-state index contributed by atoms with van der Waals surface area (Å²) in [7, 11) is -3.04. The van der Waals surface area contributed by atoms with Crippen LogP contribution in [0.15, 0.2) is 0 Å². The minimum absolute atomic E-state index is 0.166. The third kappa shape index (κ3) is 3.04. The summed E-state index contributed by atoms with van der Waals surface area (Å²) in [5.74, 6) is 0. The van der Waals surface area contributed by atoms with E-state index in [4.69, 9.17) is 0 Å². The van der Waals surface area contributed by atoms with Gasteiger partial charge in [0, 0.05) is 50.8 Å². The first-order chi connectivity index (χ1) is 8.18. The maximum absolute atomic E-state index is 11.6. The van der Waals surface area contributed by atoms with Crippen molar-refractivity contribution < 1.29 is 8.42 Å². The second-order valence-electron chi connectivity index (χ2n) is 6.43. The van der Waals surface area contributed by atoms with Gasteiger partial charge in [-0.1, -0.05) is 0 Å². The van der Waals surface area contributed by atoms with Gasteiger partial charge in [0.05, 0.1) is 6.26 Å². The van der Waals surface area contributed by atoms with Gasteiger partial charge in [-0.15, -0.1) is 0 Å². The number of rotatable bonds is 1. The van der Waals surface area contributed by atoms with Crippen LogP contribution in [0.1, 0.15) is 20.8 Å². The van der Waals surface area contributed by atoms with Crippen LogP contribution in [0.5, 0.6) is 0 Å². The Balaban J connectivity index is 2.05. The molecule has 5 nitrogen and oxygen atoms in total. The Hall–Kier alpha value is -0.170. The van der Waals surface area contributed by atoms with Gasteiger partial charge in [0.25, 0.3) is 0 Å². The fourth-order valence-corrected chi connectivity index (χ4v) is 3.69. The molecule has 2 aliphatic rings. The molecule has 0 radical (unpaired) electrons. The maximum atomic E-state index is 11.6. The lowest BCUT2D eigenvalue weighted by Crippen LogP contribution is -2.64. The summed E-state index contributed by atoms with van der Waals surface area (Å²) < 4.78 is 24.9. The molecular weight excluding hydrogens is 250 g/mol. The number of piperazine rings is 2. The minimum Gasteiger partial charge on any atom is -0.296 e. The maximum Gasteiger partial charge on any atom is 0.211 e. The van der Waals surface area contributed by atoms with Gasteiger partial charge in [-0.05, 0) is 20.8 Å². The van der Waals surface area contributed by atoms with Crippen LogP contribution in [0.25, 0.3) is 0 Å². The Labute approximate surface area is 111 Å². The van der Waals surface area contributed by atoms with Crippen LogP contribution in [0.3, 0.4) is 0 Å². The highest BCUT2D eigenvalue weighted by Gasteiger charge is 2.37. The van der Waals surface area contributed by atoms with Crippen LogP contribution in [0.4, 0.5) is 0 Å². The molecule has 0 amide bonds. The van der Waals surface area contributed by atoms with Crippen LogP contribution < -0.4 is 0 Å². The molecule has 0 aromatic carbocycles. The quantitative estimate of drug-likeness (QED) is 0.678. The summed E-state index contributed by atoms with van der Waals surface area (Å²) in [6.07, 6.45) is 1.31. The Bertz CT molecular complexity index is 402. The molecule has 0 N–H and O–H groups in total. The molecule has 0 bridgehead atoms. The van der Waals surface area contributed by atoms with Crippen LogP contribution in [-0.2, 0) is 10.0 Å². The van der Waals surface area contributed by atoms with Crippen molar-refractivity contribution in [3.63, 3.8) is 0 Å². The summed E-state index contributed by atoms with van der Waals surface area (Å²) in [4.78, 5) is 4.89. The smallest absolute Gasteiger partial charge is 0.211 e. The van der Waals surface area contributed by atoms with Gasteiger partial charge >= 0.3 is 0 Å². The highest BCUT2D eigenvalue weighted by atomic mass is 32.2. The molecule has 18 heavy (non-hydrogen) atoms. The molecule has 2 heterocycles. The van der Waals surface area contributed by atoms with Gasteiger partial charge in [-0.25, -0.2) is 8.42 Å². The normalized spacial score (nSPS) is 29.2. The van der Waals surface area contributed by atoms with Crippen LogP contribution >= 0.6 is 0 Å². The fourth-order valence-electron chi connectivity index (χ4n) is 2.84. The SMILES string of the molecule is CC(C)(C)N1CCN2CCN(S(C)(=O)=O)CC2C1. The van der Waals surface area contributed by atoms with Crippen molar-refractivity contribution in [2.45, 2.75) is 32.4 Å². The molecule has 2 saturated heterocycles. The minimum atomic E-state index is -3.04. The lowest BCUT2D eigenvalue weighted by Gasteiger charge is -2.50. The fraction of sp³-hybridized carbons (Fsp3) is 1.00. The van der Waals surface area contributed by atoms with E-state index in [1.54, 1.807) is 4.31 Å². The van der Waals surface area contributed by atoms with Crippen LogP contribution in [0, 0.1) is 0 Å². The second-order valence-corrected chi connectivity index (χ2v) is 8.41. The molecule has 0 saturated carbocycles. The largest absolute Gasteiger partial charge is 0.296 e. The number of hydrogen-bond acceptors (Lipinski definition) is 4. The summed E-state index contributed by atoms with van der Waals surface area (Å²) in [5, 5.41) is 0. The van der Waals surface area contributed by atoms with Gasteiger partial charge in [0.1, 0.15) is 0 Å². The topological polar surface area (TPSA) is 43.9 Å². The zero-order valence-corrected chi connectivity index (χ0v) is 12.7. The van der Waals surface area contributed by atoms with Gasteiger partial charge in [0.15, 0.2) is 0 Å². The van der Waals surface area contributed by atoms with Gasteiger partial charge in [-0.3, -0.25) is 9.80 Å². The molecule has 6 heteroatoms. The number of hydrogen-bond donors (Lipinski definition) is 0. The molecule has 2 rings (SSSR count). The van der Waals surface area contributed by atoms with Crippen molar-refractivity contribution in [3.8, 4) is 0 Å². The predicted octanol–water partition coefficient (Wildman–Crippen LogP) is 0.0463. The van der Waals surface area contributed by atoms with E-state index in [0.717, 1.165) is 26.2 Å². The van der Waals surface area contributed by atoms with E-state index in [1.807, 2.05) is 0 Å². The summed E-state index contributed by atoms with van der Waals surface area (Å²) in [6.45, 7) is 11.9. The number of nitrogens with zero attached hydrogens (tertiary/aromatic N) is 3. The predicted molar refractivity (Wildman–Crippen MR) is 73.1 cm³/mol. The molecule has 0 aromatic rings. The summed E-state index contributed by atoms with van der Waals surface area (Å²) >= 11 is 0. The highest BCUT2D eigenvalue weighted by molar-refractivity contribution is 7.88. The van der Waals surface area contributed by atoms with Crippen molar-refractivity contribution in [2.75, 3.05) is 45.5 Å². The third-order valence-electron chi connectivity index (χ3n) is 4.07. The number of fused-ring (bicyclic) bond motifs is 1. The number of sulfonamides is 1. The summed E-state index contributed by atoms with van der Waals surface area (Å²) in [5.41, 5.74) is 0.166. The van der Waals surface area contributed by atoms with Crippen LogP contribution in [0.2, 0.25) is 0 Å². The van der Waals surface area contributed by atoms with Crippen molar-refractivity contribution in [1.29, 1.82) is 0 Å². The molecule has 0 aromatic heterocycles. The zero-order chi connectivity index (χ0) is 13.6. The Morgan fingerprint density at radius 3 is 2.17 bits per heavy atom. The third-order valence-corrected chi connectivity index (χ3v) is 5.34. The monoisotopic (exact) mass is 275 g/mol. The molecule has 0 spiro atoms. The molecule has 2 aliphatic heterocycles. The summed E-state index contributed by atoms with van der Waals surface area (Å²) in [6, 6.07) is 0.349. The first-order valence-electron chi connectivity index (χ1n) is 6.62. The molecule has 106 valence electrons. The molecule has 2 fully saturated rings. The average Bonchev–Trinajstić information content (AvgIpc) is 2.25. The first-order valence-corrected chi connectivity index (χ1v) is 8.47. The van der Waals surface area contributed by atoms with E-state index < -0.39 is 10.0 Å². The standard InChI is InChI=1S/C12H25N3O2S/c1-12(2,3)14-7-5-13-6-8-15(18(4,16)17)10-11(13)9-14/h11H,5-10H2,1-4H3. The Morgan fingerprint density at radius 2 is 1.61 bits per heavy atom. The zero-order valence-electron chi connectivity index (χ0n) is 11.9. The molecule has 1 atom stereocenters. The highest BCUT2D eigenvalue weighted by Crippen LogP contribution is 2.22. The van der Waals surface area contributed by atoms with Crippen molar-refractivity contribution in [2.24, 2.45) is 0 Å². The second kappa shape index (κ2) is 4.74. The van der Waals surface area contributed by atoms with E-state index in [9.17, 15) is 8.42 Å². The van der Waals surface area contributed by atoms with E-state index in [1.165, 1.54) is 6.26 Å².